The molecule has 0 aromatic carbocycles. The summed E-state index contributed by atoms with van der Waals surface area (Å²) in [5, 5.41) is 3.24. The summed E-state index contributed by atoms with van der Waals surface area (Å²) < 4.78 is 0. The molecule has 1 saturated heterocycles. The summed E-state index contributed by atoms with van der Waals surface area (Å²) >= 11 is 1.94. The molecule has 0 amide bonds. The number of nitrogens with zero attached hydrogens (tertiary/aromatic N) is 4. The quantitative estimate of drug-likeness (QED) is 0.376. The number of aromatic nitrogens is 3. The molecule has 20 heavy (non-hydrogen) atoms. The molecule has 1 aliphatic rings. The maximum Gasteiger partial charge on any atom is 0.243 e. The van der Waals surface area contributed by atoms with Gasteiger partial charge in [-0.3, -0.25) is 5.43 Å². The predicted molar refractivity (Wildman–Crippen MR) is 85.2 cm³/mol. The minimum absolute atomic E-state index is 0.410. The Kier molecular flexibility index (Phi) is 6.13. The Morgan fingerprint density at radius 3 is 2.65 bits per heavy atom. The molecule has 4 N–H and O–H groups in total. The highest BCUT2D eigenvalue weighted by Crippen LogP contribution is 2.18. The lowest BCUT2D eigenvalue weighted by Gasteiger charge is -2.16. The van der Waals surface area contributed by atoms with Crippen LogP contribution >= 0.6 is 11.8 Å². The fraction of sp³-hybridized carbons (Fsp3) is 0.750. The van der Waals surface area contributed by atoms with E-state index in [-0.39, 0.29) is 0 Å². The number of rotatable bonds is 8. The fourth-order valence-corrected chi connectivity index (χ4v) is 2.72. The Balaban J connectivity index is 1.94. The highest BCUT2D eigenvalue weighted by molar-refractivity contribution is 7.99. The molecule has 0 spiro atoms. The van der Waals surface area contributed by atoms with Crippen molar-refractivity contribution >= 4 is 29.6 Å². The largest absolute Gasteiger partial charge is 0.354 e. The molecule has 0 bridgehead atoms. The van der Waals surface area contributed by atoms with Crippen molar-refractivity contribution in [3.8, 4) is 0 Å². The number of hydrazine groups is 1. The molecule has 1 aromatic heterocycles. The van der Waals surface area contributed by atoms with Gasteiger partial charge in [0.25, 0.3) is 0 Å². The van der Waals surface area contributed by atoms with Crippen molar-refractivity contribution in [3.05, 3.63) is 0 Å². The molecular formula is C12H23N7S. The zero-order chi connectivity index (χ0) is 14.2. The third kappa shape index (κ3) is 4.38. The summed E-state index contributed by atoms with van der Waals surface area (Å²) in [6.45, 7) is 5.03. The molecule has 0 radical (unpaired) electrons. The minimum atomic E-state index is 0.410. The molecule has 0 atom stereocenters. The van der Waals surface area contributed by atoms with E-state index < -0.39 is 0 Å². The zero-order valence-electron chi connectivity index (χ0n) is 11.9. The van der Waals surface area contributed by atoms with Gasteiger partial charge in [-0.15, -0.1) is 0 Å². The lowest BCUT2D eigenvalue weighted by Crippen LogP contribution is -2.23. The summed E-state index contributed by atoms with van der Waals surface area (Å²) in [6, 6.07) is 0. The zero-order valence-corrected chi connectivity index (χ0v) is 12.7. The Hall–Kier alpha value is -1.28. The first-order valence-electron chi connectivity index (χ1n) is 7.12. The van der Waals surface area contributed by atoms with Crippen molar-refractivity contribution in [1.29, 1.82) is 0 Å². The highest BCUT2D eigenvalue weighted by atomic mass is 32.2. The van der Waals surface area contributed by atoms with Gasteiger partial charge in [0.1, 0.15) is 0 Å². The molecule has 7 nitrogen and oxygen atoms in total. The van der Waals surface area contributed by atoms with E-state index in [4.69, 9.17) is 5.84 Å². The second-order valence-corrected chi connectivity index (χ2v) is 5.99. The van der Waals surface area contributed by atoms with Gasteiger partial charge in [0.05, 0.1) is 0 Å². The van der Waals surface area contributed by atoms with E-state index >= 15 is 0 Å². The molecular weight excluding hydrogens is 274 g/mol. The van der Waals surface area contributed by atoms with E-state index in [1.807, 2.05) is 11.8 Å². The van der Waals surface area contributed by atoms with Crippen molar-refractivity contribution in [2.75, 3.05) is 46.8 Å². The van der Waals surface area contributed by atoms with E-state index in [2.05, 4.69) is 37.5 Å². The summed E-state index contributed by atoms with van der Waals surface area (Å²) in [5.41, 5.74) is 2.51. The first kappa shape index (κ1) is 15.1. The number of nitrogens with one attached hydrogen (secondary N) is 2. The van der Waals surface area contributed by atoms with Crippen LogP contribution in [0.3, 0.4) is 0 Å². The third-order valence-electron chi connectivity index (χ3n) is 3.09. The molecule has 0 unspecified atom stereocenters. The SMILES string of the molecule is CCSCCCNc1nc(NN)nc(N2CCCC2)n1. The maximum absolute atomic E-state index is 5.43. The van der Waals surface area contributed by atoms with Crippen LogP contribution in [0.5, 0.6) is 0 Å². The van der Waals surface area contributed by atoms with E-state index in [1.165, 1.54) is 12.8 Å². The molecule has 1 aromatic rings. The summed E-state index contributed by atoms with van der Waals surface area (Å²) in [4.78, 5) is 15.2. The first-order valence-corrected chi connectivity index (χ1v) is 8.28. The van der Waals surface area contributed by atoms with Gasteiger partial charge < -0.3 is 10.2 Å². The number of hydrogen-bond acceptors (Lipinski definition) is 8. The molecule has 112 valence electrons. The van der Waals surface area contributed by atoms with Gasteiger partial charge in [-0.1, -0.05) is 6.92 Å². The van der Waals surface area contributed by atoms with E-state index in [0.29, 0.717) is 17.8 Å². The summed E-state index contributed by atoms with van der Waals surface area (Å²) in [5.74, 6) is 9.44. The lowest BCUT2D eigenvalue weighted by atomic mass is 10.4. The van der Waals surface area contributed by atoms with Gasteiger partial charge in [0.2, 0.25) is 17.8 Å². The van der Waals surface area contributed by atoms with Gasteiger partial charge in [-0.25, -0.2) is 5.84 Å². The standard InChI is InChI=1S/C12H23N7S/c1-2-20-9-5-6-14-10-15-11(18-13)17-12(16-10)19-7-3-4-8-19/h2-9,13H2,1H3,(H2,14,15,16,17,18). The number of hydrogen-bond donors (Lipinski definition) is 3. The Morgan fingerprint density at radius 1 is 1.20 bits per heavy atom. The number of anilines is 3. The second-order valence-electron chi connectivity index (χ2n) is 4.60. The van der Waals surface area contributed by atoms with Crippen molar-refractivity contribution in [3.63, 3.8) is 0 Å². The topological polar surface area (TPSA) is 92.0 Å². The average Bonchev–Trinajstić information content (AvgIpc) is 3.01. The number of thioether (sulfide) groups is 1. The minimum Gasteiger partial charge on any atom is -0.354 e. The molecule has 8 heteroatoms. The summed E-state index contributed by atoms with van der Waals surface area (Å²) in [6.07, 6.45) is 3.47. The van der Waals surface area contributed by atoms with E-state index in [9.17, 15) is 0 Å². The predicted octanol–water partition coefficient (Wildman–Crippen LogP) is 1.31. The molecule has 1 aliphatic heterocycles. The van der Waals surface area contributed by atoms with Crippen molar-refractivity contribution < 1.29 is 0 Å². The van der Waals surface area contributed by atoms with Crippen molar-refractivity contribution in [1.82, 2.24) is 15.0 Å². The van der Waals surface area contributed by atoms with Gasteiger partial charge >= 0.3 is 0 Å². The van der Waals surface area contributed by atoms with Crippen LogP contribution in [0.1, 0.15) is 26.2 Å². The Morgan fingerprint density at radius 2 is 1.95 bits per heavy atom. The normalized spacial score (nSPS) is 14.6. The third-order valence-corrected chi connectivity index (χ3v) is 4.08. The van der Waals surface area contributed by atoms with Gasteiger partial charge in [-0.05, 0) is 30.8 Å². The van der Waals surface area contributed by atoms with Crippen LogP contribution in [0.15, 0.2) is 0 Å². The molecule has 1 fully saturated rings. The van der Waals surface area contributed by atoms with Crippen LogP contribution in [0.2, 0.25) is 0 Å². The Labute approximate surface area is 124 Å². The first-order chi connectivity index (χ1) is 9.83. The fourth-order valence-electron chi connectivity index (χ4n) is 2.09. The van der Waals surface area contributed by atoms with Crippen LogP contribution in [0.4, 0.5) is 17.8 Å². The van der Waals surface area contributed by atoms with E-state index in [1.54, 1.807) is 0 Å². The smallest absolute Gasteiger partial charge is 0.243 e. The second kappa shape index (κ2) is 8.11. The van der Waals surface area contributed by atoms with Crippen LogP contribution in [0.25, 0.3) is 0 Å². The van der Waals surface area contributed by atoms with Crippen molar-refractivity contribution in [2.24, 2.45) is 5.84 Å². The number of nitrogens with two attached hydrogens (primary N) is 1. The number of nitrogen functional groups attached to an aromatic ring is 1. The van der Waals surface area contributed by atoms with Crippen molar-refractivity contribution in [2.45, 2.75) is 26.2 Å². The molecule has 2 heterocycles. The van der Waals surface area contributed by atoms with Gasteiger partial charge in [-0.2, -0.15) is 26.7 Å². The van der Waals surface area contributed by atoms with E-state index in [0.717, 1.165) is 37.6 Å². The Bertz CT molecular complexity index is 409. The molecule has 2 rings (SSSR count). The van der Waals surface area contributed by atoms with Crippen LogP contribution in [0, 0.1) is 0 Å². The van der Waals surface area contributed by atoms with Gasteiger partial charge in [0, 0.05) is 19.6 Å². The monoisotopic (exact) mass is 297 g/mol. The highest BCUT2D eigenvalue weighted by Gasteiger charge is 2.17. The van der Waals surface area contributed by atoms with Crippen LogP contribution in [-0.2, 0) is 0 Å². The van der Waals surface area contributed by atoms with Crippen LogP contribution in [-0.4, -0.2) is 46.1 Å². The molecule has 0 saturated carbocycles. The summed E-state index contributed by atoms with van der Waals surface area (Å²) in [7, 11) is 0. The maximum atomic E-state index is 5.43. The van der Waals surface area contributed by atoms with Gasteiger partial charge in [0.15, 0.2) is 0 Å². The molecule has 0 aliphatic carbocycles. The lowest BCUT2D eigenvalue weighted by molar-refractivity contribution is 0.871. The van der Waals surface area contributed by atoms with Crippen LogP contribution < -0.4 is 21.5 Å². The average molecular weight is 297 g/mol.